The summed E-state index contributed by atoms with van der Waals surface area (Å²) in [4.78, 5) is 30.6. The van der Waals surface area contributed by atoms with Gasteiger partial charge in [0.2, 0.25) is 0 Å². The zero-order valence-electron chi connectivity index (χ0n) is 28.8. The second-order valence-electron chi connectivity index (χ2n) is 11.3. The van der Waals surface area contributed by atoms with E-state index in [-0.39, 0.29) is 44.7 Å². The van der Waals surface area contributed by atoms with E-state index in [0.29, 0.717) is 34.0 Å². The van der Waals surface area contributed by atoms with Gasteiger partial charge < -0.3 is 23.8 Å². The van der Waals surface area contributed by atoms with E-state index in [1.54, 1.807) is 44.4 Å². The molecule has 2 aromatic heterocycles. The third-order valence-corrected chi connectivity index (χ3v) is 15.6. The quantitative estimate of drug-likeness (QED) is 0.0821. The van der Waals surface area contributed by atoms with Crippen LogP contribution in [0.25, 0.3) is 10.4 Å². The number of nitrogens with two attached hydrogens (primary N) is 1. The smallest absolute Gasteiger partial charge is 0.335 e. The fraction of sp³-hybridized carbons (Fsp3) is 0.371. The molecule has 0 spiro atoms. The van der Waals surface area contributed by atoms with Crippen molar-refractivity contribution in [3.05, 3.63) is 86.6 Å². The highest BCUT2D eigenvalue weighted by atomic mass is 32.2. The van der Waals surface area contributed by atoms with Crippen LogP contribution in [0.1, 0.15) is 69.3 Å². The molecule has 2 N–H and O–H groups in total. The van der Waals surface area contributed by atoms with Gasteiger partial charge in [0.25, 0.3) is 11.8 Å². The molecular formula is C35H42N2O8P2S3. The van der Waals surface area contributed by atoms with Gasteiger partial charge in [-0.2, -0.15) is 0 Å². The highest BCUT2D eigenvalue weighted by Gasteiger charge is 2.32. The monoisotopic (exact) mass is 776 g/mol. The Labute approximate surface area is 305 Å². The topological polar surface area (TPSA) is 134 Å². The van der Waals surface area contributed by atoms with Gasteiger partial charge in [0.15, 0.2) is 0 Å². The van der Waals surface area contributed by atoms with E-state index in [1.807, 2.05) is 60.9 Å². The Kier molecular flexibility index (Phi) is 13.0. The van der Waals surface area contributed by atoms with E-state index in [9.17, 15) is 18.7 Å². The molecule has 50 heavy (non-hydrogen) atoms. The van der Waals surface area contributed by atoms with Gasteiger partial charge in [0, 0.05) is 21.8 Å². The van der Waals surface area contributed by atoms with Gasteiger partial charge >= 0.3 is 15.2 Å². The van der Waals surface area contributed by atoms with Crippen molar-refractivity contribution in [3.63, 3.8) is 0 Å². The van der Waals surface area contributed by atoms with Gasteiger partial charge in [-0.3, -0.25) is 23.6 Å². The van der Waals surface area contributed by atoms with Gasteiger partial charge in [-0.15, -0.1) is 34.4 Å². The number of rotatable bonds is 17. The molecule has 2 heterocycles. The molecule has 1 aliphatic rings. The SMILES string of the molecule is CCOP(=O)(Cc1ccc(N(C(=O)c2cc3c(s2)-c2c(SC)sc(C(N)=O)c2CC3)c2ccc(CP(=O)(OCC)OCC)cc2)cc1)OCC. The first kappa shape index (κ1) is 38.7. The third kappa shape index (κ3) is 8.55. The predicted octanol–water partition coefficient (Wildman–Crippen LogP) is 9.91. The number of carbonyl (C=O) groups excluding carboxylic acids is 2. The Morgan fingerprint density at radius 2 is 1.26 bits per heavy atom. The molecule has 0 fully saturated rings. The lowest BCUT2D eigenvalue weighted by Gasteiger charge is -2.24. The summed E-state index contributed by atoms with van der Waals surface area (Å²) in [6.45, 7) is 8.14. The molecule has 268 valence electrons. The van der Waals surface area contributed by atoms with E-state index in [4.69, 9.17) is 23.8 Å². The number of anilines is 2. The Morgan fingerprint density at radius 1 is 0.780 bits per heavy atom. The number of amides is 2. The Morgan fingerprint density at radius 3 is 1.68 bits per heavy atom. The summed E-state index contributed by atoms with van der Waals surface area (Å²) in [5.74, 6) is -0.662. The summed E-state index contributed by atoms with van der Waals surface area (Å²) in [7, 11) is -6.67. The average Bonchev–Trinajstić information content (AvgIpc) is 3.69. The molecule has 15 heteroatoms. The Bertz CT molecular complexity index is 1830. The summed E-state index contributed by atoms with van der Waals surface area (Å²) in [5, 5.41) is 0. The summed E-state index contributed by atoms with van der Waals surface area (Å²) in [6, 6.07) is 16.5. The number of aryl methyl sites for hydroxylation is 1. The second kappa shape index (κ2) is 16.8. The normalized spacial score (nSPS) is 12.8. The molecule has 0 bridgehead atoms. The van der Waals surface area contributed by atoms with Crippen LogP contribution in [0.5, 0.6) is 0 Å². The van der Waals surface area contributed by atoms with Gasteiger partial charge in [0.05, 0.1) is 52.7 Å². The molecule has 2 amide bonds. The van der Waals surface area contributed by atoms with Crippen molar-refractivity contribution in [3.8, 4) is 10.4 Å². The molecule has 5 rings (SSSR count). The molecule has 4 aromatic rings. The number of primary amides is 1. The minimum absolute atomic E-state index is 0.100. The fourth-order valence-corrected chi connectivity index (χ4v) is 12.6. The largest absolute Gasteiger partial charge is 0.365 e. The highest BCUT2D eigenvalue weighted by molar-refractivity contribution is 8.00. The molecule has 0 radical (unpaired) electrons. The first-order chi connectivity index (χ1) is 24.0. The molecular weight excluding hydrogens is 735 g/mol. The number of thiophene rings is 2. The van der Waals surface area contributed by atoms with Crippen molar-refractivity contribution in [2.45, 2.75) is 57.1 Å². The van der Waals surface area contributed by atoms with Crippen molar-refractivity contribution in [1.29, 1.82) is 0 Å². The van der Waals surface area contributed by atoms with Crippen LogP contribution in [0.2, 0.25) is 0 Å². The van der Waals surface area contributed by atoms with Gasteiger partial charge in [-0.25, -0.2) is 0 Å². The van der Waals surface area contributed by atoms with Gasteiger partial charge in [-0.05, 0) is 99.4 Å². The summed E-state index contributed by atoms with van der Waals surface area (Å²) >= 11 is 4.39. The lowest BCUT2D eigenvalue weighted by molar-refractivity contribution is 0.0995. The third-order valence-electron chi connectivity index (χ3n) is 7.92. The maximum atomic E-state index is 14.6. The molecule has 0 saturated carbocycles. The summed E-state index contributed by atoms with van der Waals surface area (Å²) < 4.78 is 49.4. The molecule has 0 aliphatic heterocycles. The molecule has 2 aromatic carbocycles. The van der Waals surface area contributed by atoms with Gasteiger partial charge in [-0.1, -0.05) is 24.3 Å². The summed E-state index contributed by atoms with van der Waals surface area (Å²) in [5.41, 5.74) is 11.5. The number of hydrogen-bond acceptors (Lipinski definition) is 11. The highest BCUT2D eigenvalue weighted by Crippen LogP contribution is 2.53. The number of fused-ring (bicyclic) bond motifs is 3. The number of carbonyl (C=O) groups is 2. The Hall–Kier alpha value is -2.57. The van der Waals surface area contributed by atoms with Crippen molar-refractivity contribution in [1.82, 2.24) is 0 Å². The number of thioether (sulfide) groups is 1. The lowest BCUT2D eigenvalue weighted by atomic mass is 9.93. The van der Waals surface area contributed by atoms with Crippen molar-refractivity contribution in [2.75, 3.05) is 37.6 Å². The van der Waals surface area contributed by atoms with Crippen LogP contribution in [0.4, 0.5) is 11.4 Å². The number of benzene rings is 2. The zero-order chi connectivity index (χ0) is 36.1. The molecule has 0 unspecified atom stereocenters. The van der Waals surface area contributed by atoms with Crippen molar-refractivity contribution in [2.24, 2.45) is 5.73 Å². The van der Waals surface area contributed by atoms with Crippen LogP contribution in [-0.4, -0.2) is 44.5 Å². The molecule has 10 nitrogen and oxygen atoms in total. The average molecular weight is 777 g/mol. The van der Waals surface area contributed by atoms with E-state index in [1.165, 1.54) is 22.7 Å². The Balaban J connectivity index is 1.53. The zero-order valence-corrected chi connectivity index (χ0v) is 33.0. The second-order valence-corrected chi connectivity index (χ2v) is 18.5. The summed E-state index contributed by atoms with van der Waals surface area (Å²) in [6.07, 6.45) is 3.55. The van der Waals surface area contributed by atoms with E-state index in [2.05, 4.69) is 0 Å². The van der Waals surface area contributed by atoms with Crippen LogP contribution in [0, 0.1) is 0 Å². The minimum Gasteiger partial charge on any atom is -0.365 e. The minimum atomic E-state index is -3.33. The van der Waals surface area contributed by atoms with Crippen molar-refractivity contribution < 1.29 is 36.8 Å². The van der Waals surface area contributed by atoms with Crippen molar-refractivity contribution >= 4 is 72.8 Å². The lowest BCUT2D eigenvalue weighted by Crippen LogP contribution is -2.25. The van der Waals surface area contributed by atoms with Crippen LogP contribution in [-0.2, 0) is 52.4 Å². The fourth-order valence-electron chi connectivity index (χ4n) is 5.93. The molecule has 1 aliphatic carbocycles. The van der Waals surface area contributed by atoms with E-state index in [0.717, 1.165) is 36.9 Å². The van der Waals surface area contributed by atoms with Crippen LogP contribution in [0.3, 0.4) is 0 Å². The first-order valence-electron chi connectivity index (χ1n) is 16.4. The standard InChI is InChI=1S/C35H42N2O8P2S3/c1-6-42-46(40,43-7-2)21-23-10-15-26(16-11-23)37(27-17-12-24(13-18-27)22-47(41,44-8-3)45-9-4)34(39)29-20-25-14-19-28-30(31(25)49-29)35(48-5)50-32(28)33(36)38/h10-13,15-18,20H,6-9,14,19,21-22H2,1-5H3,(H2,36,38). The number of hydrogen-bond donors (Lipinski definition) is 1. The predicted molar refractivity (Wildman–Crippen MR) is 204 cm³/mol. The maximum Gasteiger partial charge on any atom is 0.335 e. The van der Waals surface area contributed by atoms with Crippen LogP contribution in [0.15, 0.2) is 58.8 Å². The van der Waals surface area contributed by atoms with Crippen LogP contribution >= 0.6 is 49.6 Å². The first-order valence-corrected chi connectivity index (χ1v) is 22.7. The van der Waals surface area contributed by atoms with E-state index >= 15 is 0 Å². The van der Waals surface area contributed by atoms with Gasteiger partial charge in [0.1, 0.15) is 0 Å². The molecule has 0 saturated heterocycles. The number of nitrogens with zero attached hydrogens (tertiary/aromatic N) is 1. The van der Waals surface area contributed by atoms with E-state index < -0.39 is 21.1 Å². The van der Waals surface area contributed by atoms with Crippen LogP contribution < -0.4 is 10.6 Å². The maximum absolute atomic E-state index is 14.6. The molecule has 0 atom stereocenters.